The maximum absolute atomic E-state index is 10.7. The minimum Gasteiger partial charge on any atom is -0.466 e. The van der Waals surface area contributed by atoms with E-state index in [1.165, 1.54) is 6.92 Å². The lowest BCUT2D eigenvalue weighted by Gasteiger charge is -2.21. The Labute approximate surface area is 163 Å². The van der Waals surface area contributed by atoms with E-state index in [1.54, 1.807) is 0 Å². The Morgan fingerprint density at radius 3 is 2.30 bits per heavy atom. The van der Waals surface area contributed by atoms with Crippen LogP contribution in [0.3, 0.4) is 0 Å². The number of aliphatic hydroxyl groups excluding tert-OH is 1. The fourth-order valence-corrected chi connectivity index (χ4v) is 2.18. The van der Waals surface area contributed by atoms with Crippen LogP contribution in [0.2, 0.25) is 0 Å². The second-order valence-corrected chi connectivity index (χ2v) is 6.27. The number of carbonyl (C=O) groups excluding carboxylic acids is 1. The minimum absolute atomic E-state index is 0.0481. The van der Waals surface area contributed by atoms with Crippen molar-refractivity contribution in [1.29, 1.82) is 0 Å². The Hall–Kier alpha value is -0.770. The van der Waals surface area contributed by atoms with Crippen molar-refractivity contribution in [2.24, 2.45) is 0 Å². The van der Waals surface area contributed by atoms with Gasteiger partial charge in [0.15, 0.2) is 6.29 Å². The summed E-state index contributed by atoms with van der Waals surface area (Å²) in [5.41, 5.74) is 0. The van der Waals surface area contributed by atoms with Crippen LogP contribution in [0.4, 0.5) is 0 Å². The summed E-state index contributed by atoms with van der Waals surface area (Å²) >= 11 is 0. The first-order chi connectivity index (χ1) is 13.0. The van der Waals surface area contributed by atoms with Gasteiger partial charge in [-0.25, -0.2) is 0 Å². The molecule has 0 aromatic carbocycles. The lowest BCUT2D eigenvalue weighted by Crippen LogP contribution is -2.31. The molecular weight excluding hydrogens is 354 g/mol. The predicted molar refractivity (Wildman–Crippen MR) is 102 cm³/mol. The van der Waals surface area contributed by atoms with E-state index >= 15 is 0 Å². The number of nitrogens with one attached hydrogen (secondary N) is 1. The molecule has 0 aromatic heterocycles. The van der Waals surface area contributed by atoms with Gasteiger partial charge in [-0.1, -0.05) is 20.3 Å². The molecule has 0 aliphatic rings. The van der Waals surface area contributed by atoms with Crippen LogP contribution in [0.15, 0.2) is 0 Å². The van der Waals surface area contributed by atoms with Gasteiger partial charge in [0.25, 0.3) is 0 Å². The van der Waals surface area contributed by atoms with Gasteiger partial charge in [-0.05, 0) is 19.8 Å². The van der Waals surface area contributed by atoms with Crippen LogP contribution < -0.4 is 5.32 Å². The van der Waals surface area contributed by atoms with E-state index in [4.69, 9.17) is 23.7 Å². The first-order valence-corrected chi connectivity index (χ1v) is 9.96. The summed E-state index contributed by atoms with van der Waals surface area (Å²) in [6, 6.07) is 0. The van der Waals surface area contributed by atoms with Gasteiger partial charge in [0.05, 0.1) is 45.7 Å². The molecule has 0 aliphatic carbocycles. The third-order valence-corrected chi connectivity index (χ3v) is 3.64. The Balaban J connectivity index is 3.49. The van der Waals surface area contributed by atoms with Crippen molar-refractivity contribution >= 4 is 5.97 Å². The molecule has 0 heterocycles. The Kier molecular flexibility index (Phi) is 18.1. The van der Waals surface area contributed by atoms with Crippen molar-refractivity contribution in [1.82, 2.24) is 5.32 Å². The molecule has 0 radical (unpaired) electrons. The largest absolute Gasteiger partial charge is 0.466 e. The molecule has 0 aliphatic heterocycles. The molecule has 27 heavy (non-hydrogen) atoms. The molecule has 0 bridgehead atoms. The van der Waals surface area contributed by atoms with Crippen molar-refractivity contribution in [3.63, 3.8) is 0 Å². The molecule has 3 atom stereocenters. The average Bonchev–Trinajstić information content (AvgIpc) is 2.62. The summed E-state index contributed by atoms with van der Waals surface area (Å²) in [7, 11) is 0. The van der Waals surface area contributed by atoms with Crippen LogP contribution in [0, 0.1) is 0 Å². The Morgan fingerprint density at radius 2 is 1.67 bits per heavy atom. The van der Waals surface area contributed by atoms with Crippen LogP contribution in [0.25, 0.3) is 0 Å². The fraction of sp³-hybridized carbons (Fsp3) is 0.947. The zero-order valence-corrected chi connectivity index (χ0v) is 17.4. The highest BCUT2D eigenvalue weighted by atomic mass is 16.7. The molecule has 2 N–H and O–H groups in total. The standard InChI is InChI=1S/C19H39NO7/c1-5-7-18(22)20-9-11-23-12-13-24-14-15-26-19(6-2)27-16(3)8-10-25-17(4)21/h16,18-20,22H,5-15H2,1-4H3. The third-order valence-electron chi connectivity index (χ3n) is 3.64. The molecule has 162 valence electrons. The molecular formula is C19H39NO7. The summed E-state index contributed by atoms with van der Waals surface area (Å²) in [6.45, 7) is 10.8. The molecule has 0 fully saturated rings. The minimum atomic E-state index is -0.454. The smallest absolute Gasteiger partial charge is 0.302 e. The van der Waals surface area contributed by atoms with Crippen LogP contribution in [-0.2, 0) is 28.5 Å². The van der Waals surface area contributed by atoms with Gasteiger partial charge in [-0.2, -0.15) is 0 Å². The highest BCUT2D eigenvalue weighted by Crippen LogP contribution is 2.07. The number of esters is 1. The first-order valence-electron chi connectivity index (χ1n) is 9.96. The monoisotopic (exact) mass is 393 g/mol. The molecule has 0 aromatic rings. The van der Waals surface area contributed by atoms with E-state index in [2.05, 4.69) is 5.32 Å². The van der Waals surface area contributed by atoms with Gasteiger partial charge in [0, 0.05) is 19.9 Å². The number of aliphatic hydroxyl groups is 1. The van der Waals surface area contributed by atoms with Crippen molar-refractivity contribution in [2.75, 3.05) is 46.2 Å². The highest BCUT2D eigenvalue weighted by Gasteiger charge is 2.12. The molecule has 0 rings (SSSR count). The van der Waals surface area contributed by atoms with Crippen LogP contribution in [0.5, 0.6) is 0 Å². The zero-order chi connectivity index (χ0) is 20.3. The van der Waals surface area contributed by atoms with Crippen molar-refractivity contribution in [3.05, 3.63) is 0 Å². The van der Waals surface area contributed by atoms with E-state index in [-0.39, 0.29) is 18.4 Å². The van der Waals surface area contributed by atoms with Gasteiger partial charge in [-0.15, -0.1) is 0 Å². The second-order valence-electron chi connectivity index (χ2n) is 6.27. The van der Waals surface area contributed by atoms with E-state index in [9.17, 15) is 9.90 Å². The summed E-state index contributed by atoms with van der Waals surface area (Å²) in [6.07, 6.45) is 2.27. The van der Waals surface area contributed by atoms with Crippen molar-refractivity contribution in [3.8, 4) is 0 Å². The molecule has 0 amide bonds. The number of hydrogen-bond donors (Lipinski definition) is 2. The van der Waals surface area contributed by atoms with Crippen LogP contribution >= 0.6 is 0 Å². The van der Waals surface area contributed by atoms with Gasteiger partial charge in [0.2, 0.25) is 0 Å². The van der Waals surface area contributed by atoms with Crippen molar-refractivity contribution in [2.45, 2.75) is 72.0 Å². The van der Waals surface area contributed by atoms with Gasteiger partial charge < -0.3 is 28.8 Å². The Morgan fingerprint density at radius 1 is 1.00 bits per heavy atom. The molecule has 8 nitrogen and oxygen atoms in total. The van der Waals surface area contributed by atoms with Crippen LogP contribution in [0.1, 0.15) is 53.4 Å². The van der Waals surface area contributed by atoms with E-state index in [0.29, 0.717) is 52.6 Å². The number of hydrogen-bond acceptors (Lipinski definition) is 8. The van der Waals surface area contributed by atoms with E-state index in [1.807, 2.05) is 20.8 Å². The summed E-state index contributed by atoms with van der Waals surface area (Å²) in [5, 5.41) is 12.5. The molecule has 8 heteroatoms. The summed E-state index contributed by atoms with van der Waals surface area (Å²) in [5.74, 6) is -0.281. The third kappa shape index (κ3) is 18.4. The number of rotatable bonds is 19. The lowest BCUT2D eigenvalue weighted by atomic mass is 10.3. The fourth-order valence-electron chi connectivity index (χ4n) is 2.18. The van der Waals surface area contributed by atoms with Gasteiger partial charge in [0.1, 0.15) is 6.23 Å². The molecule has 0 saturated heterocycles. The SMILES string of the molecule is CCCC(O)NCCOCCOCCOC(CC)OC(C)CCOC(C)=O. The number of carbonyl (C=O) groups is 1. The van der Waals surface area contributed by atoms with E-state index in [0.717, 1.165) is 19.3 Å². The Bertz CT molecular complexity index is 344. The molecule has 3 unspecified atom stereocenters. The van der Waals surface area contributed by atoms with Gasteiger partial charge >= 0.3 is 5.97 Å². The quantitative estimate of drug-likeness (QED) is 0.195. The second kappa shape index (κ2) is 18.6. The lowest BCUT2D eigenvalue weighted by molar-refractivity contribution is -0.178. The first kappa shape index (κ1) is 26.2. The molecule has 0 spiro atoms. The molecule has 0 saturated carbocycles. The average molecular weight is 394 g/mol. The van der Waals surface area contributed by atoms with Crippen molar-refractivity contribution < 1.29 is 33.6 Å². The topological polar surface area (TPSA) is 95.5 Å². The zero-order valence-electron chi connectivity index (χ0n) is 17.4. The highest BCUT2D eigenvalue weighted by molar-refractivity contribution is 5.65. The predicted octanol–water partition coefficient (Wildman–Crippen LogP) is 1.84. The summed E-state index contributed by atoms with van der Waals surface area (Å²) < 4.78 is 27.2. The van der Waals surface area contributed by atoms with Gasteiger partial charge in [-0.3, -0.25) is 10.1 Å². The number of ether oxygens (including phenoxy) is 5. The normalized spacial score (nSPS) is 14.7. The summed E-state index contributed by atoms with van der Waals surface area (Å²) in [4.78, 5) is 10.7. The maximum Gasteiger partial charge on any atom is 0.302 e. The van der Waals surface area contributed by atoms with E-state index < -0.39 is 6.23 Å². The van der Waals surface area contributed by atoms with Crippen LogP contribution in [-0.4, -0.2) is 75.9 Å². The maximum atomic E-state index is 10.7.